The van der Waals surface area contributed by atoms with Gasteiger partial charge in [-0.3, -0.25) is 4.79 Å². The van der Waals surface area contributed by atoms with E-state index in [4.69, 9.17) is 4.74 Å². The number of carbonyl (C=O) groups is 1. The van der Waals surface area contributed by atoms with Crippen molar-refractivity contribution >= 4 is 11.6 Å². The molecule has 126 valence electrons. The number of rotatable bonds is 5. The minimum absolute atomic E-state index is 0.252. The topological polar surface area (TPSA) is 50.7 Å². The molecule has 1 N–H and O–H groups in total. The fraction of sp³-hybridized carbons (Fsp3) is 0.176. The normalized spacial score (nSPS) is 11.9. The molecule has 24 heavy (non-hydrogen) atoms. The summed E-state index contributed by atoms with van der Waals surface area (Å²) in [6.07, 6.45) is -4.96. The fourth-order valence-electron chi connectivity index (χ4n) is 1.80. The van der Waals surface area contributed by atoms with Crippen LogP contribution in [-0.4, -0.2) is 17.8 Å². The first-order chi connectivity index (χ1) is 11.4. The van der Waals surface area contributed by atoms with E-state index in [1.165, 1.54) is 12.3 Å². The van der Waals surface area contributed by atoms with Crippen molar-refractivity contribution in [1.82, 2.24) is 5.43 Å². The first-order valence-corrected chi connectivity index (χ1v) is 7.05. The molecule has 0 fully saturated rings. The summed E-state index contributed by atoms with van der Waals surface area (Å²) in [7, 11) is 0. The fourth-order valence-corrected chi connectivity index (χ4v) is 1.80. The van der Waals surface area contributed by atoms with Crippen molar-refractivity contribution < 1.29 is 22.7 Å². The van der Waals surface area contributed by atoms with Crippen LogP contribution in [0.25, 0.3) is 0 Å². The Hall–Kier alpha value is -2.83. The number of hydrogen-bond donors (Lipinski definition) is 1. The SMILES string of the molecule is C/C(=N\NC(=O)C(F)(F)F)c1ccc(OCc2ccccc2)cc1. The molecule has 0 aliphatic heterocycles. The highest BCUT2D eigenvalue weighted by Gasteiger charge is 2.38. The molecule has 1 amide bonds. The first kappa shape index (κ1) is 17.5. The van der Waals surface area contributed by atoms with E-state index in [2.05, 4.69) is 5.10 Å². The van der Waals surface area contributed by atoms with Crippen LogP contribution in [0, 0.1) is 0 Å². The number of nitrogens with zero attached hydrogens (tertiary/aromatic N) is 1. The van der Waals surface area contributed by atoms with Crippen LogP contribution in [0.2, 0.25) is 0 Å². The van der Waals surface area contributed by atoms with E-state index in [9.17, 15) is 18.0 Å². The second-order valence-corrected chi connectivity index (χ2v) is 4.93. The van der Waals surface area contributed by atoms with Gasteiger partial charge in [-0.2, -0.15) is 18.3 Å². The van der Waals surface area contributed by atoms with Gasteiger partial charge in [0.25, 0.3) is 0 Å². The molecular formula is C17H15F3N2O2. The summed E-state index contributed by atoms with van der Waals surface area (Å²) in [6.45, 7) is 1.91. The van der Waals surface area contributed by atoms with Gasteiger partial charge in [0.05, 0.1) is 5.71 Å². The number of hydrazone groups is 1. The van der Waals surface area contributed by atoms with Crippen molar-refractivity contribution in [2.45, 2.75) is 19.7 Å². The molecule has 2 aromatic rings. The van der Waals surface area contributed by atoms with Gasteiger partial charge in [-0.1, -0.05) is 30.3 Å². The van der Waals surface area contributed by atoms with E-state index in [0.717, 1.165) is 5.56 Å². The molecule has 4 nitrogen and oxygen atoms in total. The smallest absolute Gasteiger partial charge is 0.473 e. The molecule has 0 atom stereocenters. The van der Waals surface area contributed by atoms with Crippen LogP contribution in [0.5, 0.6) is 5.75 Å². The molecular weight excluding hydrogens is 321 g/mol. The molecule has 2 aromatic carbocycles. The molecule has 0 radical (unpaired) electrons. The highest BCUT2D eigenvalue weighted by atomic mass is 19.4. The van der Waals surface area contributed by atoms with Crippen LogP contribution < -0.4 is 10.2 Å². The molecule has 0 unspecified atom stereocenters. The predicted octanol–water partition coefficient (Wildman–Crippen LogP) is 3.67. The minimum atomic E-state index is -4.96. The number of hydrogen-bond acceptors (Lipinski definition) is 3. The summed E-state index contributed by atoms with van der Waals surface area (Å²) in [5, 5.41) is 3.44. The molecule has 2 rings (SSSR count). The molecule has 0 aliphatic carbocycles. The predicted molar refractivity (Wildman–Crippen MR) is 83.6 cm³/mol. The zero-order valence-electron chi connectivity index (χ0n) is 12.8. The van der Waals surface area contributed by atoms with Gasteiger partial charge in [0.1, 0.15) is 12.4 Å². The molecule has 0 saturated carbocycles. The van der Waals surface area contributed by atoms with E-state index >= 15 is 0 Å². The second-order valence-electron chi connectivity index (χ2n) is 4.93. The number of carbonyl (C=O) groups excluding carboxylic acids is 1. The Morgan fingerprint density at radius 2 is 1.71 bits per heavy atom. The summed E-state index contributed by atoms with van der Waals surface area (Å²) in [6, 6.07) is 16.3. The van der Waals surface area contributed by atoms with Gasteiger partial charge in [0, 0.05) is 0 Å². The van der Waals surface area contributed by atoms with E-state index in [1.54, 1.807) is 24.3 Å². The van der Waals surface area contributed by atoms with Gasteiger partial charge in [-0.25, -0.2) is 5.43 Å². The lowest BCUT2D eigenvalue weighted by molar-refractivity contribution is -0.173. The summed E-state index contributed by atoms with van der Waals surface area (Å²) < 4.78 is 41.9. The number of benzene rings is 2. The van der Waals surface area contributed by atoms with Gasteiger partial charge in [-0.05, 0) is 42.3 Å². The van der Waals surface area contributed by atoms with Gasteiger partial charge < -0.3 is 4.74 Å². The van der Waals surface area contributed by atoms with E-state index in [0.29, 0.717) is 17.9 Å². The third kappa shape index (κ3) is 5.12. The van der Waals surface area contributed by atoms with Crippen LogP contribution in [0.3, 0.4) is 0 Å². The second kappa shape index (κ2) is 7.63. The summed E-state index contributed by atoms with van der Waals surface area (Å²) >= 11 is 0. The maximum absolute atomic E-state index is 12.1. The van der Waals surface area contributed by atoms with Crippen molar-refractivity contribution in [2.24, 2.45) is 5.10 Å². The Balaban J connectivity index is 1.94. The standard InChI is InChI=1S/C17H15F3N2O2/c1-12(21-22-16(23)17(18,19)20)14-7-9-15(10-8-14)24-11-13-5-3-2-4-6-13/h2-10H,11H2,1H3,(H,22,23)/b21-12+. The Morgan fingerprint density at radius 3 is 2.29 bits per heavy atom. The maximum Gasteiger partial charge on any atom is 0.473 e. The Labute approximate surface area is 137 Å². The zero-order chi connectivity index (χ0) is 17.6. The molecule has 0 aliphatic rings. The van der Waals surface area contributed by atoms with Gasteiger partial charge in [0.15, 0.2) is 0 Å². The van der Waals surface area contributed by atoms with Crippen LogP contribution in [-0.2, 0) is 11.4 Å². The molecule has 0 spiro atoms. The molecule has 0 bridgehead atoms. The Bertz CT molecular complexity index is 711. The molecule has 0 saturated heterocycles. The van der Waals surface area contributed by atoms with Crippen molar-refractivity contribution in [3.63, 3.8) is 0 Å². The average molecular weight is 336 g/mol. The lowest BCUT2D eigenvalue weighted by atomic mass is 10.1. The molecule has 7 heteroatoms. The number of alkyl halides is 3. The number of amides is 1. The minimum Gasteiger partial charge on any atom is -0.489 e. The third-order valence-corrected chi connectivity index (χ3v) is 3.10. The lowest BCUT2D eigenvalue weighted by Gasteiger charge is -2.08. The quantitative estimate of drug-likeness (QED) is 0.669. The van der Waals surface area contributed by atoms with E-state index < -0.39 is 12.1 Å². The van der Waals surface area contributed by atoms with Crippen molar-refractivity contribution in [3.8, 4) is 5.75 Å². The van der Waals surface area contributed by atoms with E-state index in [1.807, 2.05) is 30.3 Å². The third-order valence-electron chi connectivity index (χ3n) is 3.10. The zero-order valence-corrected chi connectivity index (χ0v) is 12.8. The van der Waals surface area contributed by atoms with Crippen molar-refractivity contribution in [3.05, 3.63) is 65.7 Å². The van der Waals surface area contributed by atoms with Crippen LogP contribution in [0.1, 0.15) is 18.1 Å². The highest BCUT2D eigenvalue weighted by Crippen LogP contribution is 2.16. The monoisotopic (exact) mass is 336 g/mol. The Kier molecular flexibility index (Phi) is 5.57. The summed E-state index contributed by atoms with van der Waals surface area (Å²) in [5.41, 5.74) is 3.32. The van der Waals surface area contributed by atoms with Crippen LogP contribution >= 0.6 is 0 Å². The number of halogens is 3. The van der Waals surface area contributed by atoms with Crippen LogP contribution in [0.15, 0.2) is 59.7 Å². The van der Waals surface area contributed by atoms with Gasteiger partial charge >= 0.3 is 12.1 Å². The van der Waals surface area contributed by atoms with Crippen molar-refractivity contribution in [1.29, 1.82) is 0 Å². The number of ether oxygens (including phenoxy) is 1. The van der Waals surface area contributed by atoms with Gasteiger partial charge in [-0.15, -0.1) is 0 Å². The lowest BCUT2D eigenvalue weighted by Crippen LogP contribution is -2.34. The van der Waals surface area contributed by atoms with Crippen LogP contribution in [0.4, 0.5) is 13.2 Å². The first-order valence-electron chi connectivity index (χ1n) is 7.05. The van der Waals surface area contributed by atoms with E-state index in [-0.39, 0.29) is 5.71 Å². The average Bonchev–Trinajstić information content (AvgIpc) is 2.58. The largest absolute Gasteiger partial charge is 0.489 e. The number of nitrogens with one attached hydrogen (secondary N) is 1. The summed E-state index contributed by atoms with van der Waals surface area (Å²) in [5.74, 6) is -1.49. The molecule has 0 aromatic heterocycles. The Morgan fingerprint density at radius 1 is 1.08 bits per heavy atom. The summed E-state index contributed by atoms with van der Waals surface area (Å²) in [4.78, 5) is 10.7. The van der Waals surface area contributed by atoms with Crippen molar-refractivity contribution in [2.75, 3.05) is 0 Å². The highest BCUT2D eigenvalue weighted by molar-refractivity contribution is 5.99. The molecule has 0 heterocycles. The maximum atomic E-state index is 12.1. The van der Waals surface area contributed by atoms with Gasteiger partial charge in [0.2, 0.25) is 0 Å².